The Labute approximate surface area is 56.9 Å². The first-order chi connectivity index (χ1) is 0. The molecule has 0 aromatic carbocycles. The van der Waals surface area contributed by atoms with Gasteiger partial charge in [0.1, 0.15) is 0 Å². The van der Waals surface area contributed by atoms with E-state index in [2.05, 4.69) is 0 Å². The van der Waals surface area contributed by atoms with Crippen LogP contribution in [0.1, 0.15) is 0 Å². The van der Waals surface area contributed by atoms with Gasteiger partial charge in [-0.05, 0) is 0 Å². The summed E-state index contributed by atoms with van der Waals surface area (Å²) in [4.78, 5) is 0. The van der Waals surface area contributed by atoms with E-state index in [4.69, 9.17) is 0 Å². The molecule has 0 aliphatic rings. The maximum absolute atomic E-state index is 0. The Kier molecular flexibility index (Phi) is 322. The van der Waals surface area contributed by atoms with Gasteiger partial charge in [-0.3, -0.25) is 0 Å². The first-order valence-corrected chi connectivity index (χ1v) is 0. The molecule has 0 aliphatic carbocycles. The van der Waals surface area contributed by atoms with Crippen molar-refractivity contribution in [3.8, 4) is 0 Å². The molecule has 0 saturated carbocycles. The molecule has 0 heterocycles. The predicted octanol–water partition coefficient (Wildman–Crippen LogP) is -1.06. The molecule has 0 radical (unpaired) electrons. The topological polar surface area (TPSA) is 58.5 Å². The Morgan fingerprint density at radius 3 is 0.750 bits per heavy atom. The predicted molar refractivity (Wildman–Crippen MR) is 14.1 cm³/mol. The van der Waals surface area contributed by atoms with E-state index in [0.717, 1.165) is 0 Å². The third-order valence-corrected chi connectivity index (χ3v) is 0. The van der Waals surface area contributed by atoms with Crippen molar-refractivity contribution in [2.45, 2.75) is 0 Å². The maximum atomic E-state index is 0. The van der Waals surface area contributed by atoms with Crippen LogP contribution in [0.3, 0.4) is 0 Å². The Bertz CT molecular complexity index is 4.00. The van der Waals surface area contributed by atoms with Crippen molar-refractivity contribution >= 4 is 46.1 Å². The summed E-state index contributed by atoms with van der Waals surface area (Å²) in [5, 5.41) is 0. The van der Waals surface area contributed by atoms with Crippen LogP contribution in [0.25, 0.3) is 0 Å². The van der Waals surface area contributed by atoms with Crippen molar-refractivity contribution in [1.29, 1.82) is 0 Å². The molecule has 0 aromatic rings. The second kappa shape index (κ2) is 25.2. The molecule has 0 aliphatic heterocycles. The Balaban J connectivity index is 0. The van der Waals surface area contributed by atoms with E-state index in [1.54, 1.807) is 0 Å². The van der Waals surface area contributed by atoms with E-state index >= 15 is 0 Å². The molecule has 0 bridgehead atoms. The van der Waals surface area contributed by atoms with E-state index in [0.29, 0.717) is 0 Å². The molecular weight excluding hydrogens is 80.6 g/mol. The van der Waals surface area contributed by atoms with Crippen molar-refractivity contribution in [2.75, 3.05) is 0 Å². The zero-order valence-corrected chi connectivity index (χ0v) is 5.10. The van der Waals surface area contributed by atoms with Crippen LogP contribution in [0.2, 0.25) is 0 Å². The smallest absolute Gasteiger partial charge is 2.00 e. The first-order valence-electron chi connectivity index (χ1n) is 0. The minimum absolute atomic E-state index is 0. The van der Waals surface area contributed by atoms with Crippen LogP contribution in [-0.4, -0.2) is 51.6 Å². The van der Waals surface area contributed by atoms with Crippen LogP contribution < -0.4 is 0 Å². The molecule has 0 spiro atoms. The van der Waals surface area contributed by atoms with Crippen molar-refractivity contribution in [1.82, 2.24) is 0 Å². The molecule has 16 valence electrons. The number of hydrogen-bond donors (Lipinski definition) is 0. The summed E-state index contributed by atoms with van der Waals surface area (Å²) in [5.41, 5.74) is 0. The van der Waals surface area contributed by atoms with Gasteiger partial charge < -0.3 is 11.0 Å². The summed E-state index contributed by atoms with van der Waals surface area (Å²) in [6, 6.07) is 0. The van der Waals surface area contributed by atoms with Gasteiger partial charge in [-0.1, -0.05) is 0 Å². The van der Waals surface area contributed by atoms with Gasteiger partial charge in [-0.2, -0.15) is 0 Å². The van der Waals surface area contributed by atoms with Crippen molar-refractivity contribution in [2.24, 2.45) is 0 Å². The van der Waals surface area contributed by atoms with Gasteiger partial charge in [-0.25, -0.2) is 0 Å². The van der Waals surface area contributed by atoms with Crippen LogP contribution >= 0.6 is 0 Å². The van der Waals surface area contributed by atoms with Crippen LogP contribution in [0.5, 0.6) is 0 Å². The van der Waals surface area contributed by atoms with Crippen molar-refractivity contribution in [3.63, 3.8) is 0 Å². The Morgan fingerprint density at radius 1 is 0.750 bits per heavy atom. The molecule has 1 N–H and O–H groups in total. The average Bonchev–Trinajstić information content (AvgIpc) is 0. The molecule has 0 rings (SSSR count). The molecule has 0 amide bonds. The minimum Gasteiger partial charge on any atom is -2.00 e. The van der Waals surface area contributed by atoms with E-state index in [1.807, 2.05) is 0 Å². The summed E-state index contributed by atoms with van der Waals surface area (Å²) < 4.78 is 0. The van der Waals surface area contributed by atoms with E-state index in [-0.39, 0.29) is 57.1 Å². The summed E-state index contributed by atoms with van der Waals surface area (Å²) in [6.07, 6.45) is 0. The number of rotatable bonds is 0. The summed E-state index contributed by atoms with van der Waals surface area (Å²) in [5.74, 6) is 0. The molecule has 4 heavy (non-hydrogen) atoms. The molecule has 0 unspecified atom stereocenters. The second-order valence-electron chi connectivity index (χ2n) is 0. The first kappa shape index (κ1) is 51.2. The second-order valence-corrected chi connectivity index (χ2v) is 0. The van der Waals surface area contributed by atoms with E-state index < -0.39 is 0 Å². The molecule has 0 saturated heterocycles. The molecule has 0 atom stereocenters. The zero-order valence-electron chi connectivity index (χ0n) is 2.27. The van der Waals surface area contributed by atoms with Crippen LogP contribution in [0, 0.1) is 0 Å². The quantitative estimate of drug-likeness (QED) is 0.343. The molecule has 2 nitrogen and oxygen atoms in total. The molecule has 0 aromatic heterocycles. The standard InChI is InChI=1S/2Mg.H2O.O/h;;1H2;/q2*+2;;-2/p-1. The zero-order chi connectivity index (χ0) is 0. The van der Waals surface area contributed by atoms with Crippen molar-refractivity contribution in [3.05, 3.63) is 0 Å². The third kappa shape index (κ3) is 9.84. The SMILES string of the molecule is [Mg+2].[Mg+2].[O-2].[OH-]. The fourth-order valence-electron chi connectivity index (χ4n) is 0. The summed E-state index contributed by atoms with van der Waals surface area (Å²) >= 11 is 0. The maximum Gasteiger partial charge on any atom is 2.00 e. The van der Waals surface area contributed by atoms with Gasteiger partial charge in [0.05, 0.1) is 0 Å². The van der Waals surface area contributed by atoms with Crippen LogP contribution in [0.15, 0.2) is 0 Å². The van der Waals surface area contributed by atoms with Gasteiger partial charge in [0.15, 0.2) is 0 Å². The normalized spacial score (nSPS) is 0. The van der Waals surface area contributed by atoms with E-state index in [1.165, 1.54) is 0 Å². The van der Waals surface area contributed by atoms with Gasteiger partial charge in [0.25, 0.3) is 0 Å². The van der Waals surface area contributed by atoms with Gasteiger partial charge in [-0.15, -0.1) is 0 Å². The van der Waals surface area contributed by atoms with Crippen molar-refractivity contribution < 1.29 is 11.0 Å². The fourth-order valence-corrected chi connectivity index (χ4v) is 0. The number of hydrogen-bond acceptors (Lipinski definition) is 1. The molecule has 0 fully saturated rings. The molecular formula is HMg2O2+. The largest absolute Gasteiger partial charge is 2.00 e. The summed E-state index contributed by atoms with van der Waals surface area (Å²) in [7, 11) is 0. The van der Waals surface area contributed by atoms with Gasteiger partial charge >= 0.3 is 46.1 Å². The van der Waals surface area contributed by atoms with Gasteiger partial charge in [0.2, 0.25) is 0 Å². The van der Waals surface area contributed by atoms with E-state index in [9.17, 15) is 0 Å². The van der Waals surface area contributed by atoms with Gasteiger partial charge in [0, 0.05) is 0 Å². The fraction of sp³-hybridized carbons (Fsp3) is 0. The minimum atomic E-state index is 0. The third-order valence-electron chi connectivity index (χ3n) is 0. The summed E-state index contributed by atoms with van der Waals surface area (Å²) in [6.45, 7) is 0. The molecule has 4 heteroatoms. The average molecular weight is 81.6 g/mol. The van der Waals surface area contributed by atoms with Crippen LogP contribution in [-0.2, 0) is 5.48 Å². The Morgan fingerprint density at radius 2 is 0.750 bits per heavy atom. The van der Waals surface area contributed by atoms with Crippen LogP contribution in [0.4, 0.5) is 0 Å². The Hall–Kier alpha value is 1.45. The monoisotopic (exact) mass is 81.0 g/mol.